The average Bonchev–Trinajstić information content (AvgIpc) is 3.29. The lowest BCUT2D eigenvalue weighted by molar-refractivity contribution is -0.136. The van der Waals surface area contributed by atoms with E-state index in [2.05, 4.69) is 21.6 Å². The zero-order valence-electron chi connectivity index (χ0n) is 15.2. The van der Waals surface area contributed by atoms with Crippen LogP contribution < -0.4 is 10.6 Å². The van der Waals surface area contributed by atoms with Crippen LogP contribution in [0.25, 0.3) is 0 Å². The van der Waals surface area contributed by atoms with E-state index in [9.17, 15) is 14.4 Å². The molecule has 5 rings (SSSR count). The number of amides is 3. The van der Waals surface area contributed by atoms with E-state index < -0.39 is 6.04 Å². The van der Waals surface area contributed by atoms with E-state index in [4.69, 9.17) is 0 Å². The molecule has 27 heavy (non-hydrogen) atoms. The third kappa shape index (κ3) is 2.95. The maximum atomic E-state index is 12.8. The van der Waals surface area contributed by atoms with Crippen LogP contribution >= 0.6 is 0 Å². The van der Waals surface area contributed by atoms with Gasteiger partial charge in [0, 0.05) is 44.2 Å². The number of benzene rings is 1. The number of imide groups is 1. The van der Waals surface area contributed by atoms with Gasteiger partial charge in [-0.15, -0.1) is 0 Å². The summed E-state index contributed by atoms with van der Waals surface area (Å²) in [6.45, 7) is 4.70. The number of hydrogen-bond donors (Lipinski definition) is 2. The number of piperidine rings is 1. The summed E-state index contributed by atoms with van der Waals surface area (Å²) in [5.74, 6) is 0.0475. The molecule has 0 aliphatic carbocycles. The highest BCUT2D eigenvalue weighted by Gasteiger charge is 2.39. The minimum Gasteiger partial charge on any atom is -0.322 e. The molecule has 142 valence electrons. The Balaban J connectivity index is 1.29. The number of fused-ring (bicyclic) bond motifs is 2. The quantitative estimate of drug-likeness (QED) is 0.747. The molecule has 0 aromatic heterocycles. The van der Waals surface area contributed by atoms with Gasteiger partial charge in [-0.3, -0.25) is 24.6 Å². The highest BCUT2D eigenvalue weighted by molar-refractivity contribution is 6.05. The Kier molecular flexibility index (Phi) is 4.02. The van der Waals surface area contributed by atoms with E-state index in [1.165, 1.54) is 12.0 Å². The lowest BCUT2D eigenvalue weighted by Gasteiger charge is -2.29. The molecule has 7 nitrogen and oxygen atoms in total. The first-order valence-corrected chi connectivity index (χ1v) is 9.81. The summed E-state index contributed by atoms with van der Waals surface area (Å²) >= 11 is 0. The summed E-state index contributed by atoms with van der Waals surface area (Å²) in [6, 6.07) is 6.13. The van der Waals surface area contributed by atoms with Gasteiger partial charge in [0.2, 0.25) is 11.8 Å². The first kappa shape index (κ1) is 16.9. The summed E-state index contributed by atoms with van der Waals surface area (Å²) in [6.07, 6.45) is 1.95. The number of nitrogens with zero attached hydrogens (tertiary/aromatic N) is 2. The van der Waals surface area contributed by atoms with Gasteiger partial charge >= 0.3 is 0 Å². The molecule has 1 aromatic carbocycles. The van der Waals surface area contributed by atoms with Gasteiger partial charge in [-0.25, -0.2) is 0 Å². The van der Waals surface area contributed by atoms with Crippen molar-refractivity contribution >= 4 is 17.7 Å². The predicted octanol–water partition coefficient (Wildman–Crippen LogP) is 0.241. The molecule has 0 spiro atoms. The monoisotopic (exact) mass is 368 g/mol. The molecule has 3 fully saturated rings. The van der Waals surface area contributed by atoms with Crippen molar-refractivity contribution in [3.05, 3.63) is 34.9 Å². The highest BCUT2D eigenvalue weighted by Crippen LogP contribution is 2.30. The van der Waals surface area contributed by atoms with Crippen molar-refractivity contribution in [1.82, 2.24) is 20.4 Å². The fraction of sp³-hybridized carbons (Fsp3) is 0.550. The van der Waals surface area contributed by atoms with Gasteiger partial charge in [-0.1, -0.05) is 12.1 Å². The van der Waals surface area contributed by atoms with Crippen molar-refractivity contribution in [3.63, 3.8) is 0 Å². The number of rotatable bonds is 3. The van der Waals surface area contributed by atoms with Crippen molar-refractivity contribution in [2.24, 2.45) is 5.92 Å². The summed E-state index contributed by atoms with van der Waals surface area (Å²) in [5.41, 5.74) is 2.88. The third-order valence-electron chi connectivity index (χ3n) is 6.43. The van der Waals surface area contributed by atoms with Gasteiger partial charge in [-0.05, 0) is 42.5 Å². The van der Waals surface area contributed by atoms with E-state index in [1.54, 1.807) is 4.90 Å². The largest absolute Gasteiger partial charge is 0.322 e. The summed E-state index contributed by atoms with van der Waals surface area (Å²) in [5, 5.41) is 5.92. The highest BCUT2D eigenvalue weighted by atomic mass is 16.2. The molecule has 3 amide bonds. The van der Waals surface area contributed by atoms with Crippen LogP contribution in [0.4, 0.5) is 0 Å². The number of hydrogen-bond acceptors (Lipinski definition) is 5. The number of carbonyl (C=O) groups excluding carboxylic acids is 3. The molecule has 4 aliphatic heterocycles. The van der Waals surface area contributed by atoms with Crippen LogP contribution in [0.1, 0.15) is 40.7 Å². The summed E-state index contributed by atoms with van der Waals surface area (Å²) in [7, 11) is 0. The number of carbonyl (C=O) groups is 3. The van der Waals surface area contributed by atoms with Crippen molar-refractivity contribution in [1.29, 1.82) is 0 Å². The number of nitrogens with one attached hydrogen (secondary N) is 2. The van der Waals surface area contributed by atoms with Crippen LogP contribution in [0.15, 0.2) is 18.2 Å². The predicted molar refractivity (Wildman–Crippen MR) is 97.7 cm³/mol. The summed E-state index contributed by atoms with van der Waals surface area (Å²) < 4.78 is 0. The van der Waals surface area contributed by atoms with E-state index in [0.29, 0.717) is 24.6 Å². The topological polar surface area (TPSA) is 81.8 Å². The maximum Gasteiger partial charge on any atom is 0.255 e. The molecule has 4 aliphatic rings. The van der Waals surface area contributed by atoms with E-state index in [0.717, 1.165) is 37.7 Å². The molecule has 7 heteroatoms. The molecular weight excluding hydrogens is 344 g/mol. The Labute approximate surface area is 158 Å². The molecule has 3 saturated heterocycles. The Morgan fingerprint density at radius 2 is 2.00 bits per heavy atom. The molecule has 1 unspecified atom stereocenters. The van der Waals surface area contributed by atoms with Gasteiger partial charge < -0.3 is 10.2 Å². The van der Waals surface area contributed by atoms with E-state index >= 15 is 0 Å². The lowest BCUT2D eigenvalue weighted by atomic mass is 10.0. The van der Waals surface area contributed by atoms with Crippen LogP contribution in [-0.2, 0) is 22.7 Å². The van der Waals surface area contributed by atoms with E-state index in [-0.39, 0.29) is 24.1 Å². The molecule has 0 saturated carbocycles. The molecule has 2 N–H and O–H groups in total. The molecule has 1 aromatic rings. The average molecular weight is 368 g/mol. The normalized spacial score (nSPS) is 30.6. The Morgan fingerprint density at radius 1 is 1.11 bits per heavy atom. The van der Waals surface area contributed by atoms with Gasteiger partial charge in [-0.2, -0.15) is 0 Å². The second kappa shape index (κ2) is 6.42. The van der Waals surface area contributed by atoms with Crippen molar-refractivity contribution in [2.75, 3.05) is 19.6 Å². The fourth-order valence-electron chi connectivity index (χ4n) is 5.05. The zero-order valence-corrected chi connectivity index (χ0v) is 15.2. The van der Waals surface area contributed by atoms with Crippen LogP contribution in [0.3, 0.4) is 0 Å². The smallest absolute Gasteiger partial charge is 0.255 e. The maximum absolute atomic E-state index is 12.8. The molecule has 3 atom stereocenters. The third-order valence-corrected chi connectivity index (χ3v) is 6.43. The molecule has 4 heterocycles. The van der Waals surface area contributed by atoms with Crippen LogP contribution in [-0.4, -0.2) is 59.2 Å². The Bertz CT molecular complexity index is 811. The minimum atomic E-state index is -0.546. The van der Waals surface area contributed by atoms with Gasteiger partial charge in [0.25, 0.3) is 5.91 Å². The zero-order chi connectivity index (χ0) is 18.5. The second-order valence-electron chi connectivity index (χ2n) is 8.19. The first-order chi connectivity index (χ1) is 13.1. The van der Waals surface area contributed by atoms with Crippen molar-refractivity contribution < 1.29 is 14.4 Å². The fourth-order valence-corrected chi connectivity index (χ4v) is 5.05. The van der Waals surface area contributed by atoms with Gasteiger partial charge in [0.1, 0.15) is 6.04 Å². The van der Waals surface area contributed by atoms with Crippen molar-refractivity contribution in [2.45, 2.75) is 44.4 Å². The second-order valence-corrected chi connectivity index (χ2v) is 8.19. The summed E-state index contributed by atoms with van der Waals surface area (Å²) in [4.78, 5) is 40.4. The van der Waals surface area contributed by atoms with Crippen molar-refractivity contribution in [3.8, 4) is 0 Å². The number of likely N-dealkylation sites (tertiary alicyclic amines) is 1. The SMILES string of the molecule is O=C1CCC(N2Cc3cc(CN4C[C@H]5CCN[C@H]5C4)ccc3C2=O)C(=O)N1. The van der Waals surface area contributed by atoms with Crippen LogP contribution in [0.2, 0.25) is 0 Å². The van der Waals surface area contributed by atoms with Gasteiger partial charge in [0.15, 0.2) is 0 Å². The molecule has 0 bridgehead atoms. The van der Waals surface area contributed by atoms with Gasteiger partial charge in [0.05, 0.1) is 0 Å². The van der Waals surface area contributed by atoms with Crippen LogP contribution in [0, 0.1) is 5.92 Å². The standard InChI is InChI=1S/C20H24N4O3/c25-18-4-3-17(19(26)22-18)24-10-14-7-12(1-2-15(14)20(24)27)8-23-9-13-5-6-21-16(13)11-23/h1-2,7,13,16-17,21H,3-6,8-11H2,(H,22,25,26)/t13-,16+,17?/m1/s1. The van der Waals surface area contributed by atoms with Crippen LogP contribution in [0.5, 0.6) is 0 Å². The first-order valence-electron chi connectivity index (χ1n) is 9.81. The molecular formula is C20H24N4O3. The molecule has 0 radical (unpaired) electrons. The Morgan fingerprint density at radius 3 is 2.81 bits per heavy atom. The van der Waals surface area contributed by atoms with E-state index in [1.807, 2.05) is 12.1 Å². The Hall–Kier alpha value is -2.25. The lowest BCUT2D eigenvalue weighted by Crippen LogP contribution is -2.52. The minimum absolute atomic E-state index is 0.106.